The summed E-state index contributed by atoms with van der Waals surface area (Å²) in [4.78, 5) is 23.6. The number of hydrogen-bond acceptors (Lipinski definition) is 4. The summed E-state index contributed by atoms with van der Waals surface area (Å²) >= 11 is 2.71. The van der Waals surface area contributed by atoms with E-state index in [9.17, 15) is 23.7 Å². The smallest absolute Gasteiger partial charge is 0.308 e. The number of aliphatic carboxylic acids is 1. The van der Waals surface area contributed by atoms with Gasteiger partial charge in [-0.2, -0.15) is 0 Å². The summed E-state index contributed by atoms with van der Waals surface area (Å²) in [7, 11) is 0. The first-order chi connectivity index (χ1) is 7.84. The number of alkyl halides is 2. The number of carbonyl (C=O) groups is 1. The molecule has 0 saturated carbocycles. The molecular weight excluding hydrogens is 306 g/mol. The minimum Gasteiger partial charge on any atom is -0.481 e. The van der Waals surface area contributed by atoms with Crippen LogP contribution in [0.3, 0.4) is 0 Å². The maximum Gasteiger partial charge on any atom is 0.308 e. The van der Waals surface area contributed by atoms with E-state index in [-0.39, 0.29) is 4.60 Å². The number of carboxylic acid groups (broad SMARTS) is 1. The van der Waals surface area contributed by atoms with Crippen molar-refractivity contribution in [1.29, 1.82) is 0 Å². The predicted molar refractivity (Wildman–Crippen MR) is 54.9 cm³/mol. The number of nitrogens with zero attached hydrogens (tertiary/aromatic N) is 2. The highest BCUT2D eigenvalue weighted by Crippen LogP contribution is 2.34. The lowest BCUT2D eigenvalue weighted by molar-refractivity contribution is -0.386. The standard InChI is InChI=1S/C8H5BrF2N2O4/c9-7-6(8(10)11)3(1-5(14)15)4(2-12-7)13(16)17/h2,8H,1H2,(H,14,15). The first kappa shape index (κ1) is 13.4. The van der Waals surface area contributed by atoms with Gasteiger partial charge in [0.25, 0.3) is 12.1 Å². The van der Waals surface area contributed by atoms with Crippen LogP contribution < -0.4 is 0 Å². The van der Waals surface area contributed by atoms with Crippen LogP contribution in [0.25, 0.3) is 0 Å². The Labute approximate surface area is 102 Å². The number of carboxylic acids is 1. The quantitative estimate of drug-likeness (QED) is 0.523. The van der Waals surface area contributed by atoms with Crippen LogP contribution in [0, 0.1) is 10.1 Å². The Bertz CT molecular complexity index is 481. The highest BCUT2D eigenvalue weighted by atomic mass is 79.9. The minimum absolute atomic E-state index is 0.297. The number of halogens is 3. The van der Waals surface area contributed by atoms with Crippen LogP contribution in [0.15, 0.2) is 10.8 Å². The Hall–Kier alpha value is -1.64. The van der Waals surface area contributed by atoms with E-state index in [1.807, 2.05) is 0 Å². The van der Waals surface area contributed by atoms with E-state index in [0.717, 1.165) is 6.20 Å². The topological polar surface area (TPSA) is 93.3 Å². The molecule has 0 fully saturated rings. The zero-order chi connectivity index (χ0) is 13.2. The van der Waals surface area contributed by atoms with Gasteiger partial charge in [-0.15, -0.1) is 0 Å². The van der Waals surface area contributed by atoms with Crippen LogP contribution in [0.4, 0.5) is 14.5 Å². The SMILES string of the molecule is O=C(O)Cc1c([N+](=O)[O-])cnc(Br)c1C(F)F. The number of hydrogen-bond donors (Lipinski definition) is 1. The van der Waals surface area contributed by atoms with Crippen LogP contribution in [-0.4, -0.2) is 21.0 Å². The molecule has 0 saturated heterocycles. The van der Waals surface area contributed by atoms with Gasteiger partial charge < -0.3 is 5.11 Å². The van der Waals surface area contributed by atoms with Crippen molar-refractivity contribution in [2.45, 2.75) is 12.8 Å². The summed E-state index contributed by atoms with van der Waals surface area (Å²) in [5.74, 6) is -1.44. The summed E-state index contributed by atoms with van der Waals surface area (Å²) in [6.45, 7) is 0. The van der Waals surface area contributed by atoms with Gasteiger partial charge in [-0.05, 0) is 15.9 Å². The second-order valence-corrected chi connectivity index (χ2v) is 3.71. The van der Waals surface area contributed by atoms with Crippen LogP contribution >= 0.6 is 15.9 Å². The molecule has 0 aliphatic carbocycles. The Kier molecular flexibility index (Phi) is 4.05. The Morgan fingerprint density at radius 2 is 2.24 bits per heavy atom. The summed E-state index contributed by atoms with van der Waals surface area (Å²) in [6.07, 6.45) is -3.17. The molecule has 0 bridgehead atoms. The van der Waals surface area contributed by atoms with Crippen molar-refractivity contribution in [3.8, 4) is 0 Å². The summed E-state index contributed by atoms with van der Waals surface area (Å²) < 4.78 is 25.1. The molecular formula is C8H5BrF2N2O4. The van der Waals surface area contributed by atoms with Crippen molar-refractivity contribution < 1.29 is 23.6 Å². The van der Waals surface area contributed by atoms with Gasteiger partial charge >= 0.3 is 5.97 Å². The van der Waals surface area contributed by atoms with E-state index in [1.165, 1.54) is 0 Å². The molecule has 6 nitrogen and oxygen atoms in total. The summed E-state index contributed by atoms with van der Waals surface area (Å²) in [5.41, 5.74) is -2.04. The van der Waals surface area contributed by atoms with Gasteiger partial charge in [0.1, 0.15) is 10.8 Å². The number of pyridine rings is 1. The van der Waals surface area contributed by atoms with E-state index in [2.05, 4.69) is 20.9 Å². The van der Waals surface area contributed by atoms with Crippen LogP contribution in [0.5, 0.6) is 0 Å². The fraction of sp³-hybridized carbons (Fsp3) is 0.250. The molecule has 0 atom stereocenters. The molecule has 0 amide bonds. The highest BCUT2D eigenvalue weighted by molar-refractivity contribution is 9.10. The molecule has 0 aliphatic rings. The lowest BCUT2D eigenvalue weighted by Crippen LogP contribution is -2.09. The van der Waals surface area contributed by atoms with E-state index >= 15 is 0 Å². The maximum atomic E-state index is 12.7. The summed E-state index contributed by atoms with van der Waals surface area (Å²) in [5, 5.41) is 19.2. The van der Waals surface area contributed by atoms with Crippen molar-refractivity contribution in [2.75, 3.05) is 0 Å². The van der Waals surface area contributed by atoms with Gasteiger partial charge in [-0.25, -0.2) is 13.8 Å². The molecule has 0 aliphatic heterocycles. The van der Waals surface area contributed by atoms with Crippen molar-refractivity contribution >= 4 is 27.6 Å². The molecule has 0 radical (unpaired) electrons. The van der Waals surface area contributed by atoms with Crippen LogP contribution in [-0.2, 0) is 11.2 Å². The van der Waals surface area contributed by atoms with Gasteiger partial charge in [0, 0.05) is 0 Å². The van der Waals surface area contributed by atoms with Crippen molar-refractivity contribution in [3.05, 3.63) is 32.0 Å². The average molecular weight is 311 g/mol. The fourth-order valence-electron chi connectivity index (χ4n) is 1.24. The molecule has 9 heteroatoms. The predicted octanol–water partition coefficient (Wildman–Crippen LogP) is 2.32. The first-order valence-electron chi connectivity index (χ1n) is 4.16. The fourth-order valence-corrected chi connectivity index (χ4v) is 1.76. The van der Waals surface area contributed by atoms with Gasteiger partial charge in [0.05, 0.1) is 22.5 Å². The third kappa shape index (κ3) is 2.93. The summed E-state index contributed by atoms with van der Waals surface area (Å²) in [6, 6.07) is 0. The molecule has 0 unspecified atom stereocenters. The van der Waals surface area contributed by atoms with E-state index < -0.39 is 40.6 Å². The number of aromatic nitrogens is 1. The Morgan fingerprint density at radius 1 is 1.65 bits per heavy atom. The van der Waals surface area contributed by atoms with Crippen molar-refractivity contribution in [1.82, 2.24) is 4.98 Å². The Morgan fingerprint density at radius 3 is 2.65 bits per heavy atom. The van der Waals surface area contributed by atoms with E-state index in [0.29, 0.717) is 0 Å². The molecule has 1 rings (SSSR count). The molecule has 0 aromatic carbocycles. The average Bonchev–Trinajstić information content (AvgIpc) is 2.15. The molecule has 1 aromatic heterocycles. The lowest BCUT2D eigenvalue weighted by atomic mass is 10.1. The maximum absolute atomic E-state index is 12.7. The Balaban J connectivity index is 3.49. The van der Waals surface area contributed by atoms with E-state index in [1.54, 1.807) is 0 Å². The molecule has 92 valence electrons. The third-order valence-corrected chi connectivity index (χ3v) is 2.53. The normalized spacial score (nSPS) is 10.6. The monoisotopic (exact) mass is 310 g/mol. The van der Waals surface area contributed by atoms with Gasteiger partial charge in [0.15, 0.2) is 0 Å². The number of nitro groups is 1. The van der Waals surface area contributed by atoms with Crippen LogP contribution in [0.2, 0.25) is 0 Å². The third-order valence-electron chi connectivity index (χ3n) is 1.90. The van der Waals surface area contributed by atoms with E-state index in [4.69, 9.17) is 5.11 Å². The second-order valence-electron chi connectivity index (χ2n) is 2.95. The largest absolute Gasteiger partial charge is 0.481 e. The van der Waals surface area contributed by atoms with Gasteiger partial charge in [-0.3, -0.25) is 14.9 Å². The zero-order valence-electron chi connectivity index (χ0n) is 8.06. The molecule has 17 heavy (non-hydrogen) atoms. The van der Waals surface area contributed by atoms with Gasteiger partial charge in [0.2, 0.25) is 0 Å². The van der Waals surface area contributed by atoms with Crippen molar-refractivity contribution in [3.63, 3.8) is 0 Å². The molecule has 1 aromatic rings. The molecule has 1 N–H and O–H groups in total. The van der Waals surface area contributed by atoms with Gasteiger partial charge in [-0.1, -0.05) is 0 Å². The van der Waals surface area contributed by atoms with Crippen molar-refractivity contribution in [2.24, 2.45) is 0 Å². The highest BCUT2D eigenvalue weighted by Gasteiger charge is 2.27. The minimum atomic E-state index is -3.05. The zero-order valence-corrected chi connectivity index (χ0v) is 9.65. The number of rotatable bonds is 4. The second kappa shape index (κ2) is 5.13. The molecule has 1 heterocycles. The first-order valence-corrected chi connectivity index (χ1v) is 4.95. The van der Waals surface area contributed by atoms with Crippen LogP contribution in [0.1, 0.15) is 17.6 Å². The lowest BCUT2D eigenvalue weighted by Gasteiger charge is -2.08. The molecule has 0 spiro atoms.